The minimum atomic E-state index is -2.69. The highest BCUT2D eigenvalue weighted by atomic mass is 31.2. The van der Waals surface area contributed by atoms with Crippen molar-refractivity contribution >= 4 is 36.6 Å². The first-order valence-electron chi connectivity index (χ1n) is 25.0. The molecule has 4 rings (SSSR count). The van der Waals surface area contributed by atoms with Crippen LogP contribution in [0.15, 0.2) is 47.6 Å². The SMILES string of the molecule is CO[C@H]1C[C@@H]2CC[C@@H](C)[C@@](O)(O2)C(=O)C(=O)N2CCCC[C@H]2C(=O)O[C@H](C(C)C[C@@H]2CC[C@@H](OP(C)(C)=O)[C@H](C)C2)CC(=O)[C@H](C)/C=C(\C)[C@@H](O)[C@@H](C)C(=O)[C@H](C)C[C@H](C)/C=C/C=C/C=C/1C. The summed E-state index contributed by atoms with van der Waals surface area (Å²) >= 11 is 0. The lowest BCUT2D eigenvalue weighted by molar-refractivity contribution is -0.265. The van der Waals surface area contributed by atoms with Crippen LogP contribution < -0.4 is 0 Å². The van der Waals surface area contributed by atoms with E-state index in [1.807, 2.05) is 58.1 Å². The number of piperidine rings is 1. The maximum atomic E-state index is 14.4. The molecule has 0 radical (unpaired) electrons. The van der Waals surface area contributed by atoms with Gasteiger partial charge in [0, 0.05) is 63.5 Å². The second-order valence-electron chi connectivity index (χ2n) is 21.3. The van der Waals surface area contributed by atoms with Gasteiger partial charge in [0.2, 0.25) is 5.79 Å². The first-order valence-corrected chi connectivity index (χ1v) is 27.5. The van der Waals surface area contributed by atoms with E-state index in [0.717, 1.165) is 24.8 Å². The van der Waals surface area contributed by atoms with Gasteiger partial charge in [-0.05, 0) is 113 Å². The van der Waals surface area contributed by atoms with Crippen LogP contribution in [-0.2, 0) is 47.3 Å². The molecule has 4 aliphatic rings. The maximum absolute atomic E-state index is 14.4. The molecule has 0 spiro atoms. The highest BCUT2D eigenvalue weighted by Gasteiger charge is 2.53. The number of Topliss-reactive ketones (excluding diaryl/α,β-unsaturated/α-hetero) is 3. The summed E-state index contributed by atoms with van der Waals surface area (Å²) in [4.78, 5) is 72.0. The van der Waals surface area contributed by atoms with Crippen molar-refractivity contribution in [3.63, 3.8) is 0 Å². The van der Waals surface area contributed by atoms with E-state index in [-0.39, 0.29) is 66.6 Å². The van der Waals surface area contributed by atoms with Crippen molar-refractivity contribution in [3.05, 3.63) is 47.6 Å². The van der Waals surface area contributed by atoms with Gasteiger partial charge in [0.25, 0.3) is 11.7 Å². The lowest BCUT2D eigenvalue weighted by Gasteiger charge is -2.42. The van der Waals surface area contributed by atoms with E-state index < -0.39 is 79.0 Å². The maximum Gasteiger partial charge on any atom is 0.329 e. The second kappa shape index (κ2) is 25.2. The Labute approximate surface area is 401 Å². The molecule has 2 bridgehead atoms. The van der Waals surface area contributed by atoms with E-state index in [1.54, 1.807) is 54.2 Å². The van der Waals surface area contributed by atoms with Gasteiger partial charge in [0.15, 0.2) is 7.37 Å². The molecule has 1 amide bonds. The predicted molar refractivity (Wildman–Crippen MR) is 260 cm³/mol. The summed E-state index contributed by atoms with van der Waals surface area (Å²) in [7, 11) is -1.10. The van der Waals surface area contributed by atoms with Gasteiger partial charge in [-0.3, -0.25) is 23.7 Å². The molecule has 1 saturated carbocycles. The minimum absolute atomic E-state index is 0.0657. The van der Waals surface area contributed by atoms with Crippen molar-refractivity contribution in [2.75, 3.05) is 27.0 Å². The fourth-order valence-corrected chi connectivity index (χ4v) is 11.7. The summed E-state index contributed by atoms with van der Waals surface area (Å²) in [6, 6.07) is -1.12. The predicted octanol–water partition coefficient (Wildman–Crippen LogP) is 8.98. The Hall–Kier alpha value is -3.06. The Morgan fingerprint density at radius 1 is 0.896 bits per heavy atom. The number of aliphatic hydroxyl groups is 2. The average Bonchev–Trinajstić information content (AvgIpc) is 3.27. The smallest absolute Gasteiger partial charge is 0.329 e. The molecule has 2 N–H and O–H groups in total. The second-order valence-corrected chi connectivity index (χ2v) is 24.0. The van der Waals surface area contributed by atoms with E-state index in [0.29, 0.717) is 50.5 Å². The third kappa shape index (κ3) is 15.7. The van der Waals surface area contributed by atoms with Gasteiger partial charge in [-0.15, -0.1) is 0 Å². The lowest BCUT2D eigenvalue weighted by atomic mass is 9.75. The zero-order valence-corrected chi connectivity index (χ0v) is 43.5. The third-order valence-corrected chi connectivity index (χ3v) is 15.8. The molecule has 14 heteroatoms. The topological polar surface area (TPSA) is 183 Å². The number of carbonyl (C=O) groups is 5. The summed E-state index contributed by atoms with van der Waals surface area (Å²) in [6.45, 7) is 20.1. The van der Waals surface area contributed by atoms with Crippen molar-refractivity contribution in [1.82, 2.24) is 4.90 Å². The standard InChI is InChI=1S/C53H84NO12P/c1-32-18-14-13-15-19-33(2)46(63-10)30-42-23-21-39(8)53(61,65-42)50(58)51(59)54-25-17-16-20-43(54)52(60)64-47(36(5)29-41-22-24-45(35(4)28-41)66-67(11,12)62)31-44(55)34(3)27-38(7)49(57)40(9)48(56)37(6)26-32/h13-15,18-19,27,32,34-37,39-43,45-47,49,57,61H,16-17,20-26,28-31H2,1-12H3/b15-13+,18-14+,33-19+,38-27+/t32-,34-,35-,36?,37-,39-,40+,41-,42+,43+,45-,46+,47+,49-,53-/m1/s1. The van der Waals surface area contributed by atoms with Crippen molar-refractivity contribution in [3.8, 4) is 0 Å². The Morgan fingerprint density at radius 2 is 1.60 bits per heavy atom. The molecule has 0 aromatic rings. The molecule has 0 aromatic carbocycles. The number of cyclic esters (lactones) is 1. The van der Waals surface area contributed by atoms with Crippen molar-refractivity contribution in [2.45, 2.75) is 182 Å². The average molecular weight is 958 g/mol. The van der Waals surface area contributed by atoms with Crippen LogP contribution in [0.4, 0.5) is 0 Å². The molecule has 1 aliphatic carbocycles. The number of amides is 1. The number of carbonyl (C=O) groups excluding carboxylic acids is 5. The molecule has 3 aliphatic heterocycles. The van der Waals surface area contributed by atoms with Gasteiger partial charge in [-0.1, -0.05) is 84.9 Å². The zero-order valence-electron chi connectivity index (χ0n) is 42.6. The number of fused-ring (bicyclic) bond motifs is 3. The fraction of sp³-hybridized carbons (Fsp3) is 0.755. The highest BCUT2D eigenvalue weighted by molar-refractivity contribution is 7.57. The van der Waals surface area contributed by atoms with Crippen LogP contribution in [0.1, 0.15) is 139 Å². The van der Waals surface area contributed by atoms with Crippen LogP contribution in [0, 0.1) is 47.3 Å². The van der Waals surface area contributed by atoms with E-state index in [1.165, 1.54) is 4.90 Å². The lowest BCUT2D eigenvalue weighted by Crippen LogP contribution is -2.61. The van der Waals surface area contributed by atoms with Crippen LogP contribution in [-0.4, -0.2) is 114 Å². The first kappa shape index (κ1) is 56.5. The van der Waals surface area contributed by atoms with Gasteiger partial charge in [-0.25, -0.2) is 4.79 Å². The number of methoxy groups -OCH3 is 1. The number of hydrogen-bond donors (Lipinski definition) is 2. The quantitative estimate of drug-likeness (QED) is 0.112. The van der Waals surface area contributed by atoms with Gasteiger partial charge >= 0.3 is 5.97 Å². The molecule has 3 fully saturated rings. The minimum Gasteiger partial charge on any atom is -0.460 e. The molecular formula is C53H84NO12P. The summed E-state index contributed by atoms with van der Waals surface area (Å²) in [5, 5.41) is 23.4. The van der Waals surface area contributed by atoms with Crippen LogP contribution in [0.25, 0.3) is 0 Å². The molecule has 2 saturated heterocycles. The van der Waals surface area contributed by atoms with E-state index in [9.17, 15) is 38.8 Å². The Bertz CT molecular complexity index is 1900. The molecule has 3 heterocycles. The highest BCUT2D eigenvalue weighted by Crippen LogP contribution is 2.46. The Kier molecular flexibility index (Phi) is 21.2. The zero-order chi connectivity index (χ0) is 50.0. The Balaban J connectivity index is 1.68. The largest absolute Gasteiger partial charge is 0.460 e. The van der Waals surface area contributed by atoms with Gasteiger partial charge in [-0.2, -0.15) is 0 Å². The van der Waals surface area contributed by atoms with Crippen molar-refractivity contribution in [2.24, 2.45) is 47.3 Å². The summed E-state index contributed by atoms with van der Waals surface area (Å²) in [5.41, 5.74) is 1.39. The molecule has 15 atom stereocenters. The van der Waals surface area contributed by atoms with Crippen LogP contribution in [0.5, 0.6) is 0 Å². The number of rotatable bonds is 6. The monoisotopic (exact) mass is 958 g/mol. The summed E-state index contributed by atoms with van der Waals surface area (Å²) < 4.78 is 36.8. The van der Waals surface area contributed by atoms with Crippen LogP contribution >= 0.6 is 7.37 Å². The molecule has 378 valence electrons. The first-order chi connectivity index (χ1) is 31.4. The normalized spacial score (nSPS) is 39.8. The van der Waals surface area contributed by atoms with Crippen LogP contribution in [0.3, 0.4) is 0 Å². The number of hydrogen-bond acceptors (Lipinski definition) is 12. The van der Waals surface area contributed by atoms with E-state index in [4.69, 9.17) is 18.7 Å². The number of nitrogens with zero attached hydrogens (tertiary/aromatic N) is 1. The van der Waals surface area contributed by atoms with Crippen LogP contribution in [0.2, 0.25) is 0 Å². The number of aliphatic hydroxyl groups excluding tert-OH is 1. The Morgan fingerprint density at radius 3 is 2.25 bits per heavy atom. The van der Waals surface area contributed by atoms with Gasteiger partial charge in [0.05, 0.1) is 24.4 Å². The van der Waals surface area contributed by atoms with Gasteiger partial charge in [0.1, 0.15) is 23.7 Å². The third-order valence-electron chi connectivity index (χ3n) is 15.0. The molecule has 67 heavy (non-hydrogen) atoms. The van der Waals surface area contributed by atoms with Crippen molar-refractivity contribution in [1.29, 1.82) is 0 Å². The van der Waals surface area contributed by atoms with E-state index >= 15 is 0 Å². The van der Waals surface area contributed by atoms with E-state index in [2.05, 4.69) is 6.92 Å². The number of allylic oxidation sites excluding steroid dienone is 6. The van der Waals surface area contributed by atoms with Gasteiger partial charge < -0.3 is 33.8 Å². The summed E-state index contributed by atoms with van der Waals surface area (Å²) in [6.07, 6.45) is 14.3. The van der Waals surface area contributed by atoms with Crippen molar-refractivity contribution < 1.29 is 57.5 Å². The fourth-order valence-electron chi connectivity index (χ4n) is 10.7. The molecular weight excluding hydrogens is 874 g/mol. The molecule has 13 nitrogen and oxygen atoms in total. The summed E-state index contributed by atoms with van der Waals surface area (Å²) in [5.74, 6) is -7.83. The number of ketones is 3. The number of ether oxygens (including phenoxy) is 3. The molecule has 0 aromatic heterocycles. The number of esters is 1. The molecule has 1 unspecified atom stereocenters.